The maximum absolute atomic E-state index is 5.34. The smallest absolute Gasteiger partial charge is 0.0978 e. The van der Waals surface area contributed by atoms with Gasteiger partial charge in [0.1, 0.15) is 0 Å². The van der Waals surface area contributed by atoms with Gasteiger partial charge in [0, 0.05) is 56.0 Å². The van der Waals surface area contributed by atoms with Gasteiger partial charge in [-0.15, -0.1) is 0 Å². The quantitative estimate of drug-likeness (QED) is 0.108. The van der Waals surface area contributed by atoms with Crippen LogP contribution in [0, 0.1) is 0 Å². The van der Waals surface area contributed by atoms with Crippen molar-refractivity contribution in [2.75, 3.05) is 0 Å². The predicted molar refractivity (Wildman–Crippen MR) is 205 cm³/mol. The van der Waals surface area contributed by atoms with Crippen molar-refractivity contribution in [3.63, 3.8) is 0 Å². The van der Waals surface area contributed by atoms with Crippen molar-refractivity contribution in [3.8, 4) is 33.5 Å². The molecule has 9 rings (SSSR count). The zero-order chi connectivity index (χ0) is 32.9. The fraction of sp³-hybridized carbons (Fsp3) is 0.0227. The van der Waals surface area contributed by atoms with Gasteiger partial charge in [-0.1, -0.05) is 97.1 Å². The first-order valence-corrected chi connectivity index (χ1v) is 16.3. The lowest BCUT2D eigenvalue weighted by Gasteiger charge is -2.16. The van der Waals surface area contributed by atoms with Gasteiger partial charge in [0.2, 0.25) is 0 Å². The summed E-state index contributed by atoms with van der Waals surface area (Å²) in [5.74, 6) is 0. The van der Waals surface area contributed by atoms with E-state index in [1.165, 1.54) is 5.56 Å². The summed E-state index contributed by atoms with van der Waals surface area (Å²) >= 11 is 0. The summed E-state index contributed by atoms with van der Waals surface area (Å²) in [5, 5.41) is 5.29. The van der Waals surface area contributed by atoms with E-state index in [4.69, 9.17) is 19.9 Å². The van der Waals surface area contributed by atoms with Crippen LogP contribution in [-0.4, -0.2) is 26.7 Å². The van der Waals surface area contributed by atoms with Crippen molar-refractivity contribution in [2.24, 2.45) is 4.99 Å². The van der Waals surface area contributed by atoms with Gasteiger partial charge >= 0.3 is 0 Å². The maximum Gasteiger partial charge on any atom is 0.0978 e. The van der Waals surface area contributed by atoms with Crippen molar-refractivity contribution in [2.45, 2.75) is 6.92 Å². The molecule has 49 heavy (non-hydrogen) atoms. The molecule has 230 valence electrons. The monoisotopic (exact) mass is 627 g/mol. The molecular formula is C44H29N5. The van der Waals surface area contributed by atoms with Crippen LogP contribution in [0.1, 0.15) is 12.5 Å². The molecule has 5 nitrogen and oxygen atoms in total. The molecule has 0 radical (unpaired) electrons. The molecule has 0 saturated heterocycles. The van der Waals surface area contributed by atoms with E-state index >= 15 is 0 Å². The Labute approximate surface area is 283 Å². The third-order valence-electron chi connectivity index (χ3n) is 9.31. The standard InChI is InChI=1S/C44H29N5/c1-3-11-29-26-36(32-16-10-25-47-43(32)40(29)45-2)30-21-22-34(42-31(30)15-9-24-46-42)38-23-19-28-18-20-35-39(27-12-5-4-6-13-27)33-14-7-8-17-37(33)49-44(35)41(28)48-38/h3-26H,2H2,1H3/b11-3-. The molecular weight excluding hydrogens is 599 g/mol. The number of rotatable bonds is 5. The summed E-state index contributed by atoms with van der Waals surface area (Å²) in [4.78, 5) is 24.6. The number of aliphatic imine (C=N–C) groups is 1. The normalized spacial score (nSPS) is 11.8. The number of aromatic nitrogens is 4. The SMILES string of the molecule is C=Nc1c(/C=C\C)cc(-c2ccc(-c3ccc4ccc5c(-c6ccccc6)c6ccccc6nc5c4n3)c3ncccc23)c2cccnc12. The van der Waals surface area contributed by atoms with Crippen molar-refractivity contribution in [1.82, 2.24) is 19.9 Å². The summed E-state index contributed by atoms with van der Waals surface area (Å²) in [5.41, 5.74) is 12.4. The summed E-state index contributed by atoms with van der Waals surface area (Å²) in [7, 11) is 0. The lowest BCUT2D eigenvalue weighted by molar-refractivity contribution is 1.37. The van der Waals surface area contributed by atoms with Crippen molar-refractivity contribution < 1.29 is 0 Å². The van der Waals surface area contributed by atoms with Crippen LogP contribution in [0.15, 0.2) is 145 Å². The summed E-state index contributed by atoms with van der Waals surface area (Å²) in [6.45, 7) is 5.86. The zero-order valence-corrected chi connectivity index (χ0v) is 26.8. The first-order chi connectivity index (χ1) is 24.2. The molecule has 0 bridgehead atoms. The number of nitrogens with zero attached hydrogens (tertiary/aromatic N) is 5. The molecule has 4 heterocycles. The minimum absolute atomic E-state index is 0.779. The van der Waals surface area contributed by atoms with Gasteiger partial charge in [-0.2, -0.15) is 0 Å². The average Bonchev–Trinajstić information content (AvgIpc) is 3.16. The molecule has 4 aromatic heterocycles. The van der Waals surface area contributed by atoms with Crippen LogP contribution in [-0.2, 0) is 0 Å². The van der Waals surface area contributed by atoms with E-state index in [1.54, 1.807) is 6.20 Å². The first kappa shape index (κ1) is 28.6. The Morgan fingerprint density at radius 3 is 2.10 bits per heavy atom. The lowest BCUT2D eigenvalue weighted by atomic mass is 9.91. The number of para-hydroxylation sites is 1. The zero-order valence-electron chi connectivity index (χ0n) is 26.8. The van der Waals surface area contributed by atoms with Crippen LogP contribution in [0.25, 0.3) is 94.1 Å². The predicted octanol–water partition coefficient (Wildman–Crippen LogP) is 11.4. The number of fused-ring (bicyclic) bond motifs is 6. The van der Waals surface area contributed by atoms with Gasteiger partial charge in [0.25, 0.3) is 0 Å². The topological polar surface area (TPSA) is 63.9 Å². The van der Waals surface area contributed by atoms with Gasteiger partial charge in [0.05, 0.1) is 39.0 Å². The van der Waals surface area contributed by atoms with Crippen LogP contribution in [0.2, 0.25) is 0 Å². The van der Waals surface area contributed by atoms with Crippen LogP contribution in [0.5, 0.6) is 0 Å². The van der Waals surface area contributed by atoms with Crippen LogP contribution < -0.4 is 0 Å². The van der Waals surface area contributed by atoms with Crippen molar-refractivity contribution >= 4 is 73.0 Å². The highest BCUT2D eigenvalue weighted by Gasteiger charge is 2.19. The van der Waals surface area contributed by atoms with E-state index < -0.39 is 0 Å². The summed E-state index contributed by atoms with van der Waals surface area (Å²) in [6, 6.07) is 42.1. The molecule has 5 aromatic carbocycles. The second kappa shape index (κ2) is 11.6. The highest BCUT2D eigenvalue weighted by atomic mass is 14.8. The van der Waals surface area contributed by atoms with E-state index in [1.807, 2.05) is 37.4 Å². The third-order valence-corrected chi connectivity index (χ3v) is 9.31. The molecule has 5 heteroatoms. The van der Waals surface area contributed by atoms with Gasteiger partial charge in [-0.05, 0) is 66.7 Å². The second-order valence-corrected chi connectivity index (χ2v) is 12.1. The molecule has 0 fully saturated rings. The van der Waals surface area contributed by atoms with E-state index in [0.717, 1.165) is 93.7 Å². The molecule has 0 aliphatic rings. The van der Waals surface area contributed by atoms with E-state index in [-0.39, 0.29) is 0 Å². The van der Waals surface area contributed by atoms with Gasteiger partial charge < -0.3 is 0 Å². The Hall–Kier alpha value is -6.59. The Bertz CT molecular complexity index is 2800. The number of hydrogen-bond acceptors (Lipinski definition) is 5. The van der Waals surface area contributed by atoms with Gasteiger partial charge in [0.15, 0.2) is 0 Å². The molecule has 0 unspecified atom stereocenters. The fourth-order valence-electron chi connectivity index (χ4n) is 7.16. The molecule has 0 aliphatic carbocycles. The average molecular weight is 628 g/mol. The number of pyridine rings is 4. The summed E-state index contributed by atoms with van der Waals surface area (Å²) in [6.07, 6.45) is 7.72. The minimum atomic E-state index is 0.779. The number of benzene rings is 5. The molecule has 0 aliphatic heterocycles. The fourth-order valence-corrected chi connectivity index (χ4v) is 7.16. The Morgan fingerprint density at radius 1 is 0.571 bits per heavy atom. The molecule has 0 N–H and O–H groups in total. The molecule has 0 saturated carbocycles. The van der Waals surface area contributed by atoms with Crippen LogP contribution in [0.3, 0.4) is 0 Å². The number of allylic oxidation sites excluding steroid dienone is 1. The Balaban J connectivity index is 1.29. The number of hydrogen-bond donors (Lipinski definition) is 0. The van der Waals surface area contributed by atoms with Crippen molar-refractivity contribution in [3.05, 3.63) is 145 Å². The first-order valence-electron chi connectivity index (χ1n) is 16.3. The van der Waals surface area contributed by atoms with E-state index in [0.29, 0.717) is 0 Å². The van der Waals surface area contributed by atoms with Gasteiger partial charge in [-0.3, -0.25) is 15.0 Å². The molecule has 0 spiro atoms. The highest BCUT2D eigenvalue weighted by Crippen LogP contribution is 2.42. The van der Waals surface area contributed by atoms with Gasteiger partial charge in [-0.25, -0.2) is 9.97 Å². The maximum atomic E-state index is 5.34. The van der Waals surface area contributed by atoms with Crippen molar-refractivity contribution in [1.29, 1.82) is 0 Å². The molecule has 9 aromatic rings. The highest BCUT2D eigenvalue weighted by molar-refractivity contribution is 6.16. The van der Waals surface area contributed by atoms with Crippen LogP contribution in [0.4, 0.5) is 5.69 Å². The summed E-state index contributed by atoms with van der Waals surface area (Å²) < 4.78 is 0. The Kier molecular flexibility index (Phi) is 6.76. The molecule has 0 amide bonds. The molecule has 0 atom stereocenters. The van der Waals surface area contributed by atoms with Crippen LogP contribution >= 0.6 is 0 Å². The Morgan fingerprint density at radius 2 is 1.29 bits per heavy atom. The van der Waals surface area contributed by atoms with E-state index in [9.17, 15) is 0 Å². The minimum Gasteiger partial charge on any atom is -0.262 e. The largest absolute Gasteiger partial charge is 0.262 e. The lowest BCUT2D eigenvalue weighted by Crippen LogP contribution is -1.95. The third kappa shape index (κ3) is 4.59. The van der Waals surface area contributed by atoms with E-state index in [2.05, 4.69) is 121 Å². The second-order valence-electron chi connectivity index (χ2n) is 12.1.